The number of aromatic amines is 1. The van der Waals surface area contributed by atoms with E-state index in [1.807, 2.05) is 0 Å². The molecule has 0 atom stereocenters. The number of nitrogens with zero attached hydrogens (tertiary/aromatic N) is 2. The number of carbonyl (C=O) groups excluding carboxylic acids is 1. The number of halogens is 1. The van der Waals surface area contributed by atoms with Gasteiger partial charge in [0.15, 0.2) is 5.69 Å². The molecule has 6 nitrogen and oxygen atoms in total. The number of carboxylic acids is 1. The van der Waals surface area contributed by atoms with Gasteiger partial charge in [0, 0.05) is 19.2 Å². The predicted octanol–water partition coefficient (Wildman–Crippen LogP) is 1.11. The molecule has 1 aromatic heterocycles. The number of hydrogen-bond donors (Lipinski definition) is 2. The van der Waals surface area contributed by atoms with Crippen LogP contribution in [0.25, 0.3) is 0 Å². The molecule has 1 aliphatic heterocycles. The summed E-state index contributed by atoms with van der Waals surface area (Å²) in [5.41, 5.74) is 0.352. The number of carboxylic acid groups (broad SMARTS) is 1. The summed E-state index contributed by atoms with van der Waals surface area (Å²) in [4.78, 5) is 24.4. The average Bonchev–Trinajstić information content (AvgIpc) is 2.75. The third kappa shape index (κ3) is 2.66. The summed E-state index contributed by atoms with van der Waals surface area (Å²) < 4.78 is 0.654. The quantitative estimate of drug-likeness (QED) is 0.857. The van der Waals surface area contributed by atoms with Crippen LogP contribution in [0.3, 0.4) is 0 Å². The van der Waals surface area contributed by atoms with Crippen molar-refractivity contribution in [3.63, 3.8) is 0 Å². The molecule has 2 rings (SSSR count). The van der Waals surface area contributed by atoms with E-state index < -0.39 is 5.97 Å². The maximum Gasteiger partial charge on any atom is 0.306 e. The first-order chi connectivity index (χ1) is 8.08. The Balaban J connectivity index is 1.97. The summed E-state index contributed by atoms with van der Waals surface area (Å²) in [7, 11) is 0. The van der Waals surface area contributed by atoms with Crippen LogP contribution in [-0.4, -0.2) is 45.2 Å². The van der Waals surface area contributed by atoms with Crippen LogP contribution < -0.4 is 0 Å². The number of carbonyl (C=O) groups is 2. The van der Waals surface area contributed by atoms with Gasteiger partial charge in [-0.25, -0.2) is 0 Å². The van der Waals surface area contributed by atoms with Crippen molar-refractivity contribution >= 4 is 27.8 Å². The number of piperidine rings is 1. The fourth-order valence-electron chi connectivity index (χ4n) is 1.90. The lowest BCUT2D eigenvalue weighted by molar-refractivity contribution is -0.143. The van der Waals surface area contributed by atoms with Crippen molar-refractivity contribution in [3.05, 3.63) is 16.4 Å². The van der Waals surface area contributed by atoms with Crippen molar-refractivity contribution in [2.75, 3.05) is 13.1 Å². The maximum atomic E-state index is 12.0. The lowest BCUT2D eigenvalue weighted by Gasteiger charge is -2.29. The zero-order chi connectivity index (χ0) is 12.4. The van der Waals surface area contributed by atoms with Crippen LogP contribution >= 0.6 is 15.9 Å². The van der Waals surface area contributed by atoms with Crippen molar-refractivity contribution in [1.29, 1.82) is 0 Å². The molecule has 92 valence electrons. The summed E-state index contributed by atoms with van der Waals surface area (Å²) >= 11 is 3.19. The molecule has 0 unspecified atom stereocenters. The second-order valence-electron chi connectivity index (χ2n) is 4.01. The molecule has 1 saturated heterocycles. The summed E-state index contributed by atoms with van der Waals surface area (Å²) in [5.74, 6) is -1.26. The molecule has 0 spiro atoms. The maximum absolute atomic E-state index is 12.0. The molecular formula is C10H12BrN3O3. The van der Waals surface area contributed by atoms with Crippen LogP contribution in [0.15, 0.2) is 10.7 Å². The molecule has 1 amide bonds. The van der Waals surface area contributed by atoms with Gasteiger partial charge in [-0.2, -0.15) is 5.10 Å². The lowest BCUT2D eigenvalue weighted by Crippen LogP contribution is -2.40. The highest BCUT2D eigenvalue weighted by Gasteiger charge is 2.28. The third-order valence-corrected chi connectivity index (χ3v) is 3.30. The van der Waals surface area contributed by atoms with Gasteiger partial charge in [-0.3, -0.25) is 14.7 Å². The molecular weight excluding hydrogens is 290 g/mol. The second-order valence-corrected chi connectivity index (χ2v) is 4.86. The van der Waals surface area contributed by atoms with Crippen LogP contribution in [0.2, 0.25) is 0 Å². The van der Waals surface area contributed by atoms with E-state index >= 15 is 0 Å². The molecule has 1 aromatic rings. The predicted molar refractivity (Wildman–Crippen MR) is 62.6 cm³/mol. The first-order valence-electron chi connectivity index (χ1n) is 5.31. The van der Waals surface area contributed by atoms with Crippen molar-refractivity contribution in [1.82, 2.24) is 15.1 Å². The largest absolute Gasteiger partial charge is 0.481 e. The van der Waals surface area contributed by atoms with E-state index in [9.17, 15) is 9.59 Å². The van der Waals surface area contributed by atoms with Crippen LogP contribution in [0.5, 0.6) is 0 Å². The SMILES string of the molecule is O=C(O)C1CCN(C(=O)c2cc(Br)[nH]n2)CC1. The van der Waals surface area contributed by atoms with Gasteiger partial charge in [-0.15, -0.1) is 0 Å². The van der Waals surface area contributed by atoms with Gasteiger partial charge in [0.1, 0.15) is 4.60 Å². The highest BCUT2D eigenvalue weighted by molar-refractivity contribution is 9.10. The first kappa shape index (κ1) is 12.1. The van der Waals surface area contributed by atoms with Gasteiger partial charge in [0.25, 0.3) is 5.91 Å². The molecule has 0 saturated carbocycles. The number of nitrogens with one attached hydrogen (secondary N) is 1. The van der Waals surface area contributed by atoms with Gasteiger partial charge < -0.3 is 10.0 Å². The minimum Gasteiger partial charge on any atom is -0.481 e. The highest BCUT2D eigenvalue weighted by atomic mass is 79.9. The minimum atomic E-state index is -0.778. The number of aliphatic carboxylic acids is 1. The molecule has 0 aromatic carbocycles. The molecule has 0 radical (unpaired) electrons. The molecule has 0 aliphatic carbocycles. The van der Waals surface area contributed by atoms with E-state index in [1.54, 1.807) is 11.0 Å². The molecule has 2 heterocycles. The number of hydrogen-bond acceptors (Lipinski definition) is 3. The fraction of sp³-hybridized carbons (Fsp3) is 0.500. The zero-order valence-electron chi connectivity index (χ0n) is 9.02. The number of likely N-dealkylation sites (tertiary alicyclic amines) is 1. The fourth-order valence-corrected chi connectivity index (χ4v) is 2.20. The zero-order valence-corrected chi connectivity index (χ0v) is 10.6. The highest BCUT2D eigenvalue weighted by Crippen LogP contribution is 2.19. The molecule has 17 heavy (non-hydrogen) atoms. The Bertz CT molecular complexity index is 438. The Labute approximate surface area is 106 Å². The van der Waals surface area contributed by atoms with Crippen LogP contribution in [-0.2, 0) is 4.79 Å². The molecule has 7 heteroatoms. The van der Waals surface area contributed by atoms with E-state index in [-0.39, 0.29) is 11.8 Å². The molecule has 1 fully saturated rings. The third-order valence-electron chi connectivity index (χ3n) is 2.90. The van der Waals surface area contributed by atoms with Crippen LogP contribution in [0, 0.1) is 5.92 Å². The monoisotopic (exact) mass is 301 g/mol. The molecule has 2 N–H and O–H groups in total. The summed E-state index contributed by atoms with van der Waals surface area (Å²) in [5, 5.41) is 15.4. The van der Waals surface area contributed by atoms with Crippen molar-refractivity contribution in [2.45, 2.75) is 12.8 Å². The summed E-state index contributed by atoms with van der Waals surface area (Å²) in [6, 6.07) is 1.62. The normalized spacial score (nSPS) is 17.1. The number of aromatic nitrogens is 2. The van der Waals surface area contributed by atoms with Gasteiger partial charge in [0.2, 0.25) is 0 Å². The van der Waals surface area contributed by atoms with E-state index in [4.69, 9.17) is 5.11 Å². The Morgan fingerprint density at radius 1 is 1.47 bits per heavy atom. The van der Waals surface area contributed by atoms with E-state index in [0.717, 1.165) is 0 Å². The summed E-state index contributed by atoms with van der Waals surface area (Å²) in [6.07, 6.45) is 1.01. The number of amides is 1. The van der Waals surface area contributed by atoms with E-state index in [0.29, 0.717) is 36.2 Å². The minimum absolute atomic E-state index is 0.157. The number of H-pyrrole nitrogens is 1. The topological polar surface area (TPSA) is 86.3 Å². The van der Waals surface area contributed by atoms with Gasteiger partial charge in [0.05, 0.1) is 5.92 Å². The Hall–Kier alpha value is -1.37. The standard InChI is InChI=1S/C10H12BrN3O3/c11-8-5-7(12-13-8)9(15)14-3-1-6(2-4-14)10(16)17/h5-6H,1-4H2,(H,12,13)(H,16,17). The van der Waals surface area contributed by atoms with E-state index in [1.165, 1.54) is 0 Å². The Morgan fingerprint density at radius 2 is 2.12 bits per heavy atom. The van der Waals surface area contributed by atoms with Crippen LogP contribution in [0.4, 0.5) is 0 Å². The van der Waals surface area contributed by atoms with Crippen LogP contribution in [0.1, 0.15) is 23.3 Å². The van der Waals surface area contributed by atoms with Crippen molar-refractivity contribution in [3.8, 4) is 0 Å². The van der Waals surface area contributed by atoms with Gasteiger partial charge >= 0.3 is 5.97 Å². The van der Waals surface area contributed by atoms with Crippen molar-refractivity contribution in [2.24, 2.45) is 5.92 Å². The van der Waals surface area contributed by atoms with Gasteiger partial charge in [-0.05, 0) is 28.8 Å². The first-order valence-corrected chi connectivity index (χ1v) is 6.10. The van der Waals surface area contributed by atoms with E-state index in [2.05, 4.69) is 26.1 Å². The second kappa shape index (κ2) is 4.87. The smallest absolute Gasteiger partial charge is 0.306 e. The Morgan fingerprint density at radius 3 is 2.59 bits per heavy atom. The van der Waals surface area contributed by atoms with Gasteiger partial charge in [-0.1, -0.05) is 0 Å². The summed E-state index contributed by atoms with van der Waals surface area (Å²) in [6.45, 7) is 0.945. The molecule has 0 bridgehead atoms. The molecule has 1 aliphatic rings. The lowest BCUT2D eigenvalue weighted by atomic mass is 9.97. The average molecular weight is 302 g/mol. The van der Waals surface area contributed by atoms with Crippen molar-refractivity contribution < 1.29 is 14.7 Å². The Kier molecular flexibility index (Phi) is 3.46. The number of rotatable bonds is 2.